The van der Waals surface area contributed by atoms with Crippen LogP contribution < -0.4 is 4.90 Å². The Hall–Kier alpha value is -1.57. The number of anilines is 1. The summed E-state index contributed by atoms with van der Waals surface area (Å²) in [6.07, 6.45) is 4.99. The summed E-state index contributed by atoms with van der Waals surface area (Å²) in [4.78, 5) is 7.40. The zero-order chi connectivity index (χ0) is 15.4. The van der Waals surface area contributed by atoms with E-state index in [2.05, 4.69) is 44.4 Å². The summed E-state index contributed by atoms with van der Waals surface area (Å²) in [5.74, 6) is 0. The van der Waals surface area contributed by atoms with E-state index in [1.54, 1.807) is 0 Å². The molecule has 0 atom stereocenters. The van der Waals surface area contributed by atoms with Gasteiger partial charge in [-0.05, 0) is 69.2 Å². The summed E-state index contributed by atoms with van der Waals surface area (Å²) in [5.41, 5.74) is 7.23. The number of aliphatic imine (C=N–C) groups is 1. The number of benzene rings is 1. The van der Waals surface area contributed by atoms with Crippen LogP contribution in [0.3, 0.4) is 0 Å². The average molecular weight is 284 g/mol. The van der Waals surface area contributed by atoms with E-state index in [4.69, 9.17) is 4.99 Å². The molecule has 1 aromatic carbocycles. The Morgan fingerprint density at radius 1 is 1.19 bits per heavy atom. The molecule has 0 bridgehead atoms. The van der Waals surface area contributed by atoms with Gasteiger partial charge in [0.05, 0.1) is 5.69 Å². The summed E-state index contributed by atoms with van der Waals surface area (Å²) in [6.45, 7) is 14.8. The minimum atomic E-state index is 1.02. The van der Waals surface area contributed by atoms with E-state index in [-0.39, 0.29) is 0 Å². The van der Waals surface area contributed by atoms with Crippen LogP contribution in [0.5, 0.6) is 0 Å². The lowest BCUT2D eigenvalue weighted by Gasteiger charge is -2.31. The summed E-state index contributed by atoms with van der Waals surface area (Å²) in [5, 5.41) is 0. The second-order valence-electron chi connectivity index (χ2n) is 6.10. The van der Waals surface area contributed by atoms with Gasteiger partial charge in [-0.1, -0.05) is 19.6 Å². The Bertz CT molecular complexity index is 549. The first-order valence-corrected chi connectivity index (χ1v) is 8.13. The summed E-state index contributed by atoms with van der Waals surface area (Å²) >= 11 is 0. The molecule has 1 aromatic rings. The molecule has 1 aliphatic rings. The van der Waals surface area contributed by atoms with Crippen molar-refractivity contribution in [3.05, 3.63) is 35.4 Å². The molecule has 1 heterocycles. The number of hydrogen-bond donors (Lipinski definition) is 0. The molecule has 2 heteroatoms. The van der Waals surface area contributed by atoms with E-state index in [1.807, 2.05) is 6.92 Å². The van der Waals surface area contributed by atoms with Crippen molar-refractivity contribution < 1.29 is 0 Å². The van der Waals surface area contributed by atoms with Crippen LogP contribution in [0.15, 0.2) is 29.3 Å². The topological polar surface area (TPSA) is 15.6 Å². The number of hydrogen-bond acceptors (Lipinski definition) is 2. The normalized spacial score (nSPS) is 16.2. The number of aryl methyl sites for hydroxylation is 1. The molecule has 21 heavy (non-hydrogen) atoms. The van der Waals surface area contributed by atoms with E-state index in [0.717, 1.165) is 23.4 Å². The number of rotatable bonds is 4. The van der Waals surface area contributed by atoms with E-state index in [0.29, 0.717) is 0 Å². The largest absolute Gasteiger partial charge is 0.371 e. The zero-order valence-electron chi connectivity index (χ0n) is 14.0. The van der Waals surface area contributed by atoms with Gasteiger partial charge in [0.25, 0.3) is 0 Å². The molecule has 2 nitrogen and oxygen atoms in total. The van der Waals surface area contributed by atoms with Gasteiger partial charge in [-0.15, -0.1) is 0 Å². The van der Waals surface area contributed by atoms with Gasteiger partial charge in [0.1, 0.15) is 0 Å². The monoisotopic (exact) mass is 284 g/mol. The number of nitrogens with zero attached hydrogens (tertiary/aromatic N) is 2. The van der Waals surface area contributed by atoms with Crippen LogP contribution in [0.25, 0.3) is 0 Å². The molecule has 0 spiro atoms. The van der Waals surface area contributed by atoms with Gasteiger partial charge in [-0.2, -0.15) is 0 Å². The summed E-state index contributed by atoms with van der Waals surface area (Å²) < 4.78 is 0. The van der Waals surface area contributed by atoms with Crippen molar-refractivity contribution in [3.8, 4) is 0 Å². The minimum absolute atomic E-state index is 1.02. The first-order chi connectivity index (χ1) is 10.0. The summed E-state index contributed by atoms with van der Waals surface area (Å²) in [6, 6.07) is 4.54. The van der Waals surface area contributed by atoms with Gasteiger partial charge in [-0.25, -0.2) is 0 Å². The standard InChI is InChI=1S/C19H28N2/c1-6-17-10-11-18(21-12-8-7-9-13-21)15(4)19(17)20-16(5)14(2)3/h10-11H,2,6-9,12-13H2,1,3-5H3. The first-order valence-electron chi connectivity index (χ1n) is 8.13. The predicted octanol–water partition coefficient (Wildman–Crippen LogP) is 5.22. The third-order valence-electron chi connectivity index (χ3n) is 4.46. The Morgan fingerprint density at radius 3 is 2.43 bits per heavy atom. The maximum Gasteiger partial charge on any atom is 0.0714 e. The Kier molecular flexibility index (Phi) is 5.22. The molecule has 0 saturated carbocycles. The molecular weight excluding hydrogens is 256 g/mol. The van der Waals surface area contributed by atoms with Gasteiger partial charge in [0.2, 0.25) is 0 Å². The molecule has 1 fully saturated rings. The molecule has 0 unspecified atom stereocenters. The quantitative estimate of drug-likeness (QED) is 0.692. The molecule has 2 rings (SSSR count). The second-order valence-corrected chi connectivity index (χ2v) is 6.10. The molecule has 1 saturated heterocycles. The molecule has 0 radical (unpaired) electrons. The van der Waals surface area contributed by atoms with Crippen LogP contribution in [0, 0.1) is 6.92 Å². The first kappa shape index (κ1) is 15.8. The molecule has 0 N–H and O–H groups in total. The lowest BCUT2D eigenvalue weighted by atomic mass is 10.0. The van der Waals surface area contributed by atoms with Crippen molar-refractivity contribution >= 4 is 17.1 Å². The van der Waals surface area contributed by atoms with Crippen molar-refractivity contribution in [2.75, 3.05) is 18.0 Å². The van der Waals surface area contributed by atoms with Gasteiger partial charge in [0, 0.05) is 24.5 Å². The Labute approximate surface area is 129 Å². The van der Waals surface area contributed by atoms with Crippen LogP contribution in [0.4, 0.5) is 11.4 Å². The van der Waals surface area contributed by atoms with Crippen LogP contribution in [0.2, 0.25) is 0 Å². The highest BCUT2D eigenvalue weighted by Gasteiger charge is 2.16. The molecule has 0 amide bonds. The van der Waals surface area contributed by atoms with Crippen molar-refractivity contribution in [1.29, 1.82) is 0 Å². The van der Waals surface area contributed by atoms with Crippen LogP contribution in [-0.2, 0) is 6.42 Å². The smallest absolute Gasteiger partial charge is 0.0714 e. The van der Waals surface area contributed by atoms with E-state index < -0.39 is 0 Å². The van der Waals surface area contributed by atoms with Crippen LogP contribution >= 0.6 is 0 Å². The highest BCUT2D eigenvalue weighted by Crippen LogP contribution is 2.34. The maximum absolute atomic E-state index is 4.87. The Morgan fingerprint density at radius 2 is 1.86 bits per heavy atom. The molecule has 114 valence electrons. The SMILES string of the molecule is C=C(C)C(C)=Nc1c(CC)ccc(N2CCCCC2)c1C. The van der Waals surface area contributed by atoms with E-state index in [9.17, 15) is 0 Å². The van der Waals surface area contributed by atoms with Crippen molar-refractivity contribution in [2.45, 2.75) is 53.4 Å². The highest BCUT2D eigenvalue weighted by atomic mass is 15.1. The van der Waals surface area contributed by atoms with Crippen molar-refractivity contribution in [1.82, 2.24) is 0 Å². The van der Waals surface area contributed by atoms with Gasteiger partial charge in [-0.3, -0.25) is 4.99 Å². The van der Waals surface area contributed by atoms with Crippen molar-refractivity contribution in [2.24, 2.45) is 4.99 Å². The maximum atomic E-state index is 4.87. The van der Waals surface area contributed by atoms with Gasteiger partial charge < -0.3 is 4.90 Å². The lowest BCUT2D eigenvalue weighted by Crippen LogP contribution is -2.30. The van der Waals surface area contributed by atoms with Crippen LogP contribution in [0.1, 0.15) is 51.2 Å². The third kappa shape index (κ3) is 3.55. The van der Waals surface area contributed by atoms with Gasteiger partial charge >= 0.3 is 0 Å². The van der Waals surface area contributed by atoms with E-state index in [1.165, 1.54) is 49.2 Å². The molecule has 0 aliphatic carbocycles. The fourth-order valence-electron chi connectivity index (χ4n) is 2.93. The fourth-order valence-corrected chi connectivity index (χ4v) is 2.93. The van der Waals surface area contributed by atoms with Crippen molar-refractivity contribution in [3.63, 3.8) is 0 Å². The fraction of sp³-hybridized carbons (Fsp3) is 0.526. The third-order valence-corrected chi connectivity index (χ3v) is 4.46. The predicted molar refractivity (Wildman–Crippen MR) is 94.2 cm³/mol. The molecular formula is C19H28N2. The highest BCUT2D eigenvalue weighted by molar-refractivity contribution is 5.99. The Balaban J connectivity index is 2.46. The lowest BCUT2D eigenvalue weighted by molar-refractivity contribution is 0.577. The second kappa shape index (κ2) is 6.93. The molecule has 0 aromatic heterocycles. The zero-order valence-corrected chi connectivity index (χ0v) is 14.0. The number of piperidine rings is 1. The van der Waals surface area contributed by atoms with Crippen LogP contribution in [-0.4, -0.2) is 18.8 Å². The van der Waals surface area contributed by atoms with E-state index >= 15 is 0 Å². The average Bonchev–Trinajstić information content (AvgIpc) is 2.49. The van der Waals surface area contributed by atoms with Gasteiger partial charge in [0.15, 0.2) is 0 Å². The number of allylic oxidation sites excluding steroid dienone is 1. The molecule has 1 aliphatic heterocycles. The summed E-state index contributed by atoms with van der Waals surface area (Å²) in [7, 11) is 0. The minimum Gasteiger partial charge on any atom is -0.371 e.